The number of carboxylic acids is 1. The number of benzene rings is 2. The Hall–Kier alpha value is -2.50. The molecule has 2 N–H and O–H groups in total. The van der Waals surface area contributed by atoms with Crippen molar-refractivity contribution in [2.75, 3.05) is 24.6 Å². The molecule has 1 heterocycles. The van der Waals surface area contributed by atoms with E-state index in [0.717, 1.165) is 55.9 Å². The maximum Gasteiger partial charge on any atom is 0.335 e. The maximum atomic E-state index is 11.8. The summed E-state index contributed by atoms with van der Waals surface area (Å²) in [6, 6.07) is 11.3. The third-order valence-electron chi connectivity index (χ3n) is 8.59. The number of nitrogens with zero attached hydrogens (tertiary/aromatic N) is 1. The number of carbonyl (C=O) groups is 1. The average molecular weight is 482 g/mol. The SMILES string of the molecule is C=C[C@H](O)[C@@]1(C)CC[C@@H]1CN1CC2(CCCc3cc(Cl)ccc32)COc2ccc(C(=O)O)cc21. The predicted molar refractivity (Wildman–Crippen MR) is 134 cm³/mol. The van der Waals surface area contributed by atoms with E-state index in [1.165, 1.54) is 11.1 Å². The molecule has 5 rings (SSSR count). The molecule has 1 spiro atoms. The lowest BCUT2D eigenvalue weighted by Crippen LogP contribution is -2.53. The van der Waals surface area contributed by atoms with Gasteiger partial charge in [0.15, 0.2) is 0 Å². The lowest BCUT2D eigenvalue weighted by molar-refractivity contribution is -0.0466. The number of hydrogen-bond donors (Lipinski definition) is 2. The van der Waals surface area contributed by atoms with Crippen LogP contribution in [0.1, 0.15) is 54.1 Å². The number of anilines is 1. The molecule has 0 saturated heterocycles. The zero-order chi connectivity index (χ0) is 24.1. The summed E-state index contributed by atoms with van der Waals surface area (Å²) < 4.78 is 6.41. The van der Waals surface area contributed by atoms with E-state index in [1.54, 1.807) is 24.3 Å². The summed E-state index contributed by atoms with van der Waals surface area (Å²) in [5.41, 5.74) is 3.18. The molecule has 180 valence electrons. The van der Waals surface area contributed by atoms with Gasteiger partial charge in [-0.2, -0.15) is 0 Å². The standard InChI is InChI=1S/C28H32ClNO4/c1-3-25(31)27(2)12-10-20(27)15-30-16-28(11-4-5-18-13-21(29)7-8-22(18)28)17-34-24-9-6-19(26(32)33)14-23(24)30/h3,6-9,13-14,20,25,31H,1,4-5,10-12,15-17H2,2H3,(H,32,33)/t20-,25+,27+,28?/m1/s1. The third-order valence-corrected chi connectivity index (χ3v) is 8.82. The van der Waals surface area contributed by atoms with Gasteiger partial charge >= 0.3 is 5.97 Å². The minimum atomic E-state index is -0.949. The molecule has 0 radical (unpaired) electrons. The summed E-state index contributed by atoms with van der Waals surface area (Å²) in [5, 5.41) is 21.1. The van der Waals surface area contributed by atoms with Gasteiger partial charge in [0, 0.05) is 28.9 Å². The first-order chi connectivity index (χ1) is 16.3. The Bertz CT molecular complexity index is 1130. The fourth-order valence-corrected chi connectivity index (χ4v) is 6.47. The van der Waals surface area contributed by atoms with Crippen LogP contribution in [0.2, 0.25) is 5.02 Å². The van der Waals surface area contributed by atoms with Crippen LogP contribution in [0.25, 0.3) is 0 Å². The molecule has 2 aliphatic carbocycles. The summed E-state index contributed by atoms with van der Waals surface area (Å²) in [6.07, 6.45) is 6.09. The highest BCUT2D eigenvalue weighted by Crippen LogP contribution is 2.51. The second-order valence-corrected chi connectivity index (χ2v) is 11.0. The van der Waals surface area contributed by atoms with E-state index in [2.05, 4.69) is 30.5 Å². The first kappa shape index (κ1) is 23.3. The van der Waals surface area contributed by atoms with E-state index in [-0.39, 0.29) is 22.3 Å². The Labute approximate surface area is 206 Å². The summed E-state index contributed by atoms with van der Waals surface area (Å²) in [7, 11) is 0. The fraction of sp³-hybridized carbons (Fsp3) is 0.464. The van der Waals surface area contributed by atoms with Crippen LogP contribution in [0.15, 0.2) is 49.1 Å². The van der Waals surface area contributed by atoms with Gasteiger partial charge in [0.25, 0.3) is 0 Å². The van der Waals surface area contributed by atoms with Crippen LogP contribution in [-0.4, -0.2) is 42.0 Å². The lowest BCUT2D eigenvalue weighted by Gasteiger charge is -2.52. The van der Waals surface area contributed by atoms with Gasteiger partial charge < -0.3 is 19.8 Å². The van der Waals surface area contributed by atoms with Crippen molar-refractivity contribution in [3.63, 3.8) is 0 Å². The van der Waals surface area contributed by atoms with E-state index < -0.39 is 12.1 Å². The summed E-state index contributed by atoms with van der Waals surface area (Å²) in [4.78, 5) is 14.1. The Morgan fingerprint density at radius 2 is 2.15 bits per heavy atom. The molecule has 2 aromatic rings. The molecule has 3 aliphatic rings. The van der Waals surface area contributed by atoms with Gasteiger partial charge in [-0.15, -0.1) is 6.58 Å². The molecule has 4 atom stereocenters. The van der Waals surface area contributed by atoms with Gasteiger partial charge in [-0.25, -0.2) is 4.79 Å². The monoisotopic (exact) mass is 481 g/mol. The van der Waals surface area contributed by atoms with Crippen molar-refractivity contribution in [3.05, 3.63) is 70.8 Å². The van der Waals surface area contributed by atoms with Crippen LogP contribution in [0, 0.1) is 11.3 Å². The number of halogens is 1. The highest BCUT2D eigenvalue weighted by Gasteiger charge is 2.49. The minimum Gasteiger partial charge on any atom is -0.490 e. The molecular weight excluding hydrogens is 450 g/mol. The first-order valence-corrected chi connectivity index (χ1v) is 12.5. The van der Waals surface area contributed by atoms with Crippen LogP contribution >= 0.6 is 11.6 Å². The molecule has 5 nitrogen and oxygen atoms in total. The van der Waals surface area contributed by atoms with Gasteiger partial charge in [0.2, 0.25) is 0 Å². The van der Waals surface area contributed by atoms with Crippen LogP contribution in [0.4, 0.5) is 5.69 Å². The van der Waals surface area contributed by atoms with E-state index in [0.29, 0.717) is 12.4 Å². The van der Waals surface area contributed by atoms with E-state index >= 15 is 0 Å². The maximum absolute atomic E-state index is 11.8. The predicted octanol–water partition coefficient (Wildman–Crippen LogP) is 5.47. The first-order valence-electron chi connectivity index (χ1n) is 12.1. The Morgan fingerprint density at radius 3 is 2.85 bits per heavy atom. The minimum absolute atomic E-state index is 0.211. The van der Waals surface area contributed by atoms with Crippen molar-refractivity contribution < 1.29 is 19.7 Å². The van der Waals surface area contributed by atoms with E-state index in [9.17, 15) is 15.0 Å². The third kappa shape index (κ3) is 3.79. The van der Waals surface area contributed by atoms with Crippen molar-refractivity contribution in [3.8, 4) is 5.75 Å². The molecule has 0 amide bonds. The van der Waals surface area contributed by atoms with Crippen LogP contribution < -0.4 is 9.64 Å². The topological polar surface area (TPSA) is 70.0 Å². The highest BCUT2D eigenvalue weighted by atomic mass is 35.5. The Kier molecular flexibility index (Phi) is 5.89. The number of rotatable bonds is 5. The second kappa shape index (κ2) is 8.62. The quantitative estimate of drug-likeness (QED) is 0.554. The summed E-state index contributed by atoms with van der Waals surface area (Å²) >= 11 is 6.33. The van der Waals surface area contributed by atoms with Crippen molar-refractivity contribution in [2.45, 2.75) is 50.5 Å². The van der Waals surface area contributed by atoms with Crippen molar-refractivity contribution in [1.82, 2.24) is 0 Å². The number of aryl methyl sites for hydroxylation is 1. The second-order valence-electron chi connectivity index (χ2n) is 10.5. The number of carboxylic acid groups (broad SMARTS) is 1. The summed E-state index contributed by atoms with van der Waals surface area (Å²) in [6.45, 7) is 7.94. The highest BCUT2D eigenvalue weighted by molar-refractivity contribution is 6.30. The van der Waals surface area contributed by atoms with Gasteiger partial charge in [-0.1, -0.05) is 30.7 Å². The Morgan fingerprint density at radius 1 is 1.32 bits per heavy atom. The van der Waals surface area contributed by atoms with Crippen LogP contribution in [0.5, 0.6) is 5.75 Å². The summed E-state index contributed by atoms with van der Waals surface area (Å²) in [5.74, 6) is 0.0356. The average Bonchev–Trinajstić information content (AvgIpc) is 2.97. The molecular formula is C28H32ClNO4. The lowest BCUT2D eigenvalue weighted by atomic mass is 9.58. The van der Waals surface area contributed by atoms with Gasteiger partial charge in [-0.05, 0) is 79.5 Å². The number of aliphatic hydroxyl groups is 1. The van der Waals surface area contributed by atoms with Crippen LogP contribution in [-0.2, 0) is 11.8 Å². The molecule has 1 fully saturated rings. The van der Waals surface area contributed by atoms with Crippen LogP contribution in [0.3, 0.4) is 0 Å². The number of hydrogen-bond acceptors (Lipinski definition) is 4. The van der Waals surface area contributed by atoms with Crippen molar-refractivity contribution in [1.29, 1.82) is 0 Å². The molecule has 34 heavy (non-hydrogen) atoms. The molecule has 2 aromatic carbocycles. The van der Waals surface area contributed by atoms with E-state index in [4.69, 9.17) is 16.3 Å². The van der Waals surface area contributed by atoms with Gasteiger partial charge in [-0.3, -0.25) is 0 Å². The fourth-order valence-electron chi connectivity index (χ4n) is 6.28. The smallest absolute Gasteiger partial charge is 0.335 e. The number of fused-ring (bicyclic) bond motifs is 3. The van der Waals surface area contributed by atoms with Gasteiger partial charge in [0.1, 0.15) is 5.75 Å². The van der Waals surface area contributed by atoms with Crippen molar-refractivity contribution >= 4 is 23.3 Å². The normalized spacial score (nSPS) is 28.7. The number of ether oxygens (including phenoxy) is 1. The van der Waals surface area contributed by atoms with Crippen molar-refractivity contribution in [2.24, 2.45) is 11.3 Å². The molecule has 0 bridgehead atoms. The Balaban J connectivity index is 1.56. The largest absolute Gasteiger partial charge is 0.490 e. The van der Waals surface area contributed by atoms with Gasteiger partial charge in [0.05, 0.1) is 24.0 Å². The molecule has 1 aliphatic heterocycles. The number of aromatic carboxylic acids is 1. The zero-order valence-electron chi connectivity index (χ0n) is 19.6. The molecule has 1 saturated carbocycles. The molecule has 1 unspecified atom stereocenters. The molecule has 6 heteroatoms. The van der Waals surface area contributed by atoms with E-state index in [1.807, 2.05) is 6.07 Å². The molecule has 0 aromatic heterocycles. The zero-order valence-corrected chi connectivity index (χ0v) is 20.4. The number of aliphatic hydroxyl groups excluding tert-OH is 1.